The number of sulfonamides is 1. The molecule has 176 valence electrons. The molecule has 5 rings (SSSR count). The molecule has 1 aliphatic carbocycles. The number of pyridine rings is 1. The minimum absolute atomic E-state index is 0.0221. The number of benzene rings is 1. The molecule has 1 aliphatic heterocycles. The van der Waals surface area contributed by atoms with Gasteiger partial charge in [0, 0.05) is 42.8 Å². The predicted molar refractivity (Wildman–Crippen MR) is 129 cm³/mol. The Labute approximate surface area is 198 Å². The molecule has 10 heteroatoms. The van der Waals surface area contributed by atoms with E-state index in [0.29, 0.717) is 43.2 Å². The molecule has 34 heavy (non-hydrogen) atoms. The Morgan fingerprint density at radius 3 is 2.56 bits per heavy atom. The van der Waals surface area contributed by atoms with E-state index in [9.17, 15) is 13.2 Å². The molecule has 1 saturated carbocycles. The van der Waals surface area contributed by atoms with Gasteiger partial charge in [0.15, 0.2) is 5.69 Å². The van der Waals surface area contributed by atoms with Gasteiger partial charge in [0.1, 0.15) is 5.65 Å². The zero-order valence-corrected chi connectivity index (χ0v) is 19.5. The fraction of sp³-hybridized carbons (Fsp3) is 0.417. The van der Waals surface area contributed by atoms with E-state index in [2.05, 4.69) is 20.1 Å². The van der Waals surface area contributed by atoms with Crippen molar-refractivity contribution in [3.05, 3.63) is 64.4 Å². The van der Waals surface area contributed by atoms with Gasteiger partial charge in [0.25, 0.3) is 5.56 Å². The molecule has 0 unspecified atom stereocenters. The molecule has 0 bridgehead atoms. The number of hydrogen-bond acceptors (Lipinski definition) is 6. The average molecular weight is 479 g/mol. The van der Waals surface area contributed by atoms with Crippen LogP contribution in [0.4, 0.5) is 11.6 Å². The van der Waals surface area contributed by atoms with Gasteiger partial charge in [-0.25, -0.2) is 18.2 Å². The van der Waals surface area contributed by atoms with Crippen LogP contribution in [0.2, 0.25) is 0 Å². The third-order valence-corrected chi connectivity index (χ3v) is 8.62. The smallest absolute Gasteiger partial charge is 0.252 e. The van der Waals surface area contributed by atoms with E-state index in [1.807, 2.05) is 4.57 Å². The van der Waals surface area contributed by atoms with E-state index in [0.717, 1.165) is 31.1 Å². The van der Waals surface area contributed by atoms with Crippen LogP contribution in [0.5, 0.6) is 0 Å². The summed E-state index contributed by atoms with van der Waals surface area (Å²) in [4.78, 5) is 25.2. The second-order valence-corrected chi connectivity index (χ2v) is 10.8. The first-order chi connectivity index (χ1) is 16.5. The zero-order chi connectivity index (χ0) is 23.7. The maximum absolute atomic E-state index is 13.0. The molecular weight excluding hydrogens is 452 g/mol. The van der Waals surface area contributed by atoms with Crippen LogP contribution in [-0.2, 0) is 10.0 Å². The Morgan fingerprint density at radius 2 is 1.82 bits per heavy atom. The summed E-state index contributed by atoms with van der Waals surface area (Å²) in [5, 5.41) is 4.17. The van der Waals surface area contributed by atoms with Crippen molar-refractivity contribution in [2.45, 2.75) is 55.5 Å². The Balaban J connectivity index is 1.31. The number of nitrogens with zero attached hydrogens (tertiary/aromatic N) is 5. The topological polar surface area (TPSA) is 102 Å². The van der Waals surface area contributed by atoms with Crippen LogP contribution in [-0.4, -0.2) is 46.4 Å². The highest BCUT2D eigenvalue weighted by Crippen LogP contribution is 2.30. The van der Waals surface area contributed by atoms with Gasteiger partial charge in [-0.2, -0.15) is 9.29 Å². The highest BCUT2D eigenvalue weighted by molar-refractivity contribution is 7.89. The van der Waals surface area contributed by atoms with Gasteiger partial charge in [0.05, 0.1) is 11.5 Å². The van der Waals surface area contributed by atoms with E-state index < -0.39 is 10.0 Å². The highest BCUT2D eigenvalue weighted by atomic mass is 32.2. The number of anilines is 1. The minimum atomic E-state index is -3.65. The van der Waals surface area contributed by atoms with Gasteiger partial charge < -0.3 is 5.32 Å². The quantitative estimate of drug-likeness (QED) is 0.561. The Bertz CT molecular complexity index is 1410. The number of aromatic nitrogens is 3. The summed E-state index contributed by atoms with van der Waals surface area (Å²) in [6.07, 6.45) is 7.15. The molecule has 2 aromatic heterocycles. The van der Waals surface area contributed by atoms with Crippen LogP contribution in [0, 0.1) is 6.57 Å². The first-order valence-electron chi connectivity index (χ1n) is 11.6. The third kappa shape index (κ3) is 4.29. The molecule has 0 spiro atoms. The lowest BCUT2D eigenvalue weighted by atomic mass is 10.1. The van der Waals surface area contributed by atoms with E-state index in [1.54, 1.807) is 30.5 Å². The third-order valence-electron chi connectivity index (χ3n) is 6.73. The van der Waals surface area contributed by atoms with Crippen molar-refractivity contribution in [2.24, 2.45) is 0 Å². The van der Waals surface area contributed by atoms with Gasteiger partial charge in [-0.05, 0) is 43.9 Å². The maximum Gasteiger partial charge on any atom is 0.252 e. The molecule has 0 atom stereocenters. The van der Waals surface area contributed by atoms with Crippen molar-refractivity contribution >= 4 is 32.7 Å². The van der Waals surface area contributed by atoms with E-state index >= 15 is 0 Å². The van der Waals surface area contributed by atoms with E-state index in [-0.39, 0.29) is 22.5 Å². The molecule has 1 saturated heterocycles. The normalized spacial score (nSPS) is 18.2. The lowest BCUT2D eigenvalue weighted by Crippen LogP contribution is -2.42. The van der Waals surface area contributed by atoms with Crippen LogP contribution in [0.25, 0.3) is 15.9 Å². The minimum Gasteiger partial charge on any atom is -0.351 e. The lowest BCUT2D eigenvalue weighted by molar-refractivity contribution is 0.329. The molecule has 3 aromatic rings. The fourth-order valence-electron chi connectivity index (χ4n) is 4.91. The summed E-state index contributed by atoms with van der Waals surface area (Å²) in [6.45, 7) is 7.85. The number of fused-ring (bicyclic) bond motifs is 1. The summed E-state index contributed by atoms with van der Waals surface area (Å²) in [5.74, 6) is 0.455. The van der Waals surface area contributed by atoms with Crippen LogP contribution in [0.15, 0.2) is 52.3 Å². The fourth-order valence-corrected chi connectivity index (χ4v) is 6.42. The molecule has 0 amide bonds. The molecule has 2 aliphatic rings. The number of hydrogen-bond donors (Lipinski definition) is 1. The molecule has 9 nitrogen and oxygen atoms in total. The summed E-state index contributed by atoms with van der Waals surface area (Å²) in [5.41, 5.74) is 0.920. The molecular formula is C24H26N6O3S. The van der Waals surface area contributed by atoms with Gasteiger partial charge in [0.2, 0.25) is 16.0 Å². The van der Waals surface area contributed by atoms with Crippen molar-refractivity contribution in [1.82, 2.24) is 18.8 Å². The SMILES string of the molecule is [C-]#[N+]c1cccc(S(=O)(=O)N2CCC(Nc3ncc4ccc(=O)n(C5CCCC5)c4n3)CC2)c1. The largest absolute Gasteiger partial charge is 0.351 e. The summed E-state index contributed by atoms with van der Waals surface area (Å²) < 4.78 is 29.3. The van der Waals surface area contributed by atoms with Gasteiger partial charge in [-0.3, -0.25) is 9.36 Å². The average Bonchev–Trinajstić information content (AvgIpc) is 3.38. The van der Waals surface area contributed by atoms with Crippen LogP contribution < -0.4 is 10.9 Å². The number of piperidine rings is 1. The van der Waals surface area contributed by atoms with E-state index in [4.69, 9.17) is 6.57 Å². The molecule has 2 fully saturated rings. The Hall–Kier alpha value is -3.29. The maximum atomic E-state index is 13.0. The Kier molecular flexibility index (Phi) is 6.06. The second kappa shape index (κ2) is 9.16. The van der Waals surface area contributed by atoms with Gasteiger partial charge >= 0.3 is 0 Å². The van der Waals surface area contributed by atoms with Crippen LogP contribution >= 0.6 is 0 Å². The van der Waals surface area contributed by atoms with Crippen molar-refractivity contribution in [3.63, 3.8) is 0 Å². The number of nitrogens with one attached hydrogen (secondary N) is 1. The molecule has 3 heterocycles. The van der Waals surface area contributed by atoms with Crippen molar-refractivity contribution < 1.29 is 8.42 Å². The zero-order valence-electron chi connectivity index (χ0n) is 18.7. The second-order valence-electron chi connectivity index (χ2n) is 8.88. The Morgan fingerprint density at radius 1 is 1.06 bits per heavy atom. The van der Waals surface area contributed by atoms with E-state index in [1.165, 1.54) is 16.4 Å². The first kappa shape index (κ1) is 22.5. The highest BCUT2D eigenvalue weighted by Gasteiger charge is 2.30. The van der Waals surface area contributed by atoms with Gasteiger partial charge in [-0.1, -0.05) is 25.0 Å². The summed E-state index contributed by atoms with van der Waals surface area (Å²) in [6, 6.07) is 9.68. The first-order valence-corrected chi connectivity index (χ1v) is 13.0. The number of rotatable bonds is 5. The van der Waals surface area contributed by atoms with Crippen molar-refractivity contribution in [1.29, 1.82) is 0 Å². The molecule has 1 N–H and O–H groups in total. The van der Waals surface area contributed by atoms with Crippen LogP contribution in [0.1, 0.15) is 44.6 Å². The standard InChI is InChI=1S/C24H26N6O3S/c1-25-19-5-4-8-21(15-19)34(32,33)29-13-11-18(12-14-29)27-24-26-16-17-9-10-22(31)30(23(17)28-24)20-6-2-3-7-20/h4-5,8-10,15-16,18,20H,2-3,6-7,11-14H2,(H,26,27,28). The molecule has 1 aromatic carbocycles. The van der Waals surface area contributed by atoms with Gasteiger partial charge in [-0.15, -0.1) is 0 Å². The molecule has 0 radical (unpaired) electrons. The summed E-state index contributed by atoms with van der Waals surface area (Å²) >= 11 is 0. The monoisotopic (exact) mass is 478 g/mol. The predicted octanol–water partition coefficient (Wildman–Crippen LogP) is 3.72. The van der Waals surface area contributed by atoms with Crippen molar-refractivity contribution in [3.8, 4) is 0 Å². The lowest BCUT2D eigenvalue weighted by Gasteiger charge is -2.31. The summed E-state index contributed by atoms with van der Waals surface area (Å²) in [7, 11) is -3.65. The van der Waals surface area contributed by atoms with Crippen LogP contribution in [0.3, 0.4) is 0 Å². The van der Waals surface area contributed by atoms with Crippen molar-refractivity contribution in [2.75, 3.05) is 18.4 Å².